The quantitative estimate of drug-likeness (QED) is 0.602. The number of rotatable bonds is 8. The third-order valence-corrected chi connectivity index (χ3v) is 6.96. The molecule has 0 spiro atoms. The average molecular weight is 463 g/mol. The first-order chi connectivity index (χ1) is 16.5. The van der Waals surface area contributed by atoms with Gasteiger partial charge in [0.05, 0.1) is 18.8 Å². The minimum Gasteiger partial charge on any atom is -0.394 e. The van der Waals surface area contributed by atoms with Crippen LogP contribution in [0.2, 0.25) is 0 Å². The van der Waals surface area contributed by atoms with E-state index in [1.807, 2.05) is 53.5 Å². The highest BCUT2D eigenvalue weighted by Gasteiger charge is 2.28. The maximum absolute atomic E-state index is 13.0. The fraction of sp³-hybridized carbons (Fsp3) is 0.429. The molecule has 0 bridgehead atoms. The Morgan fingerprint density at radius 1 is 1.18 bits per heavy atom. The average Bonchev–Trinajstić information content (AvgIpc) is 3.29. The summed E-state index contributed by atoms with van der Waals surface area (Å²) >= 11 is 0. The number of aliphatic hydroxyl groups excluding tert-OH is 1. The zero-order chi connectivity index (χ0) is 24.1. The van der Waals surface area contributed by atoms with Gasteiger partial charge in [-0.25, -0.2) is 0 Å². The van der Waals surface area contributed by atoms with Crippen LogP contribution in [0.5, 0.6) is 0 Å². The van der Waals surface area contributed by atoms with Crippen molar-refractivity contribution in [2.75, 3.05) is 25.2 Å². The van der Waals surface area contributed by atoms with E-state index in [0.717, 1.165) is 29.8 Å². The lowest BCUT2D eigenvalue weighted by molar-refractivity contribution is -0.134. The molecule has 2 amide bonds. The topological polar surface area (TPSA) is 70.1 Å². The van der Waals surface area contributed by atoms with Crippen molar-refractivity contribution in [3.63, 3.8) is 0 Å². The Balaban J connectivity index is 1.37. The van der Waals surface area contributed by atoms with Crippen LogP contribution in [-0.2, 0) is 27.3 Å². The number of carbonyl (C=O) groups excluding carboxylic acids is 2. The van der Waals surface area contributed by atoms with Crippen LogP contribution in [0.25, 0.3) is 0 Å². The Hall–Kier alpha value is -2.96. The van der Waals surface area contributed by atoms with Crippen molar-refractivity contribution in [1.29, 1.82) is 0 Å². The fourth-order valence-electron chi connectivity index (χ4n) is 5.06. The molecule has 2 aromatic rings. The lowest BCUT2D eigenvalue weighted by atomic mass is 9.93. The van der Waals surface area contributed by atoms with Crippen molar-refractivity contribution in [3.8, 4) is 0 Å². The van der Waals surface area contributed by atoms with Gasteiger partial charge in [0.2, 0.25) is 11.8 Å². The molecule has 34 heavy (non-hydrogen) atoms. The van der Waals surface area contributed by atoms with Gasteiger partial charge < -0.3 is 19.6 Å². The van der Waals surface area contributed by atoms with Crippen molar-refractivity contribution >= 4 is 17.5 Å². The Morgan fingerprint density at radius 3 is 2.56 bits per heavy atom. The van der Waals surface area contributed by atoms with Crippen LogP contribution in [0.3, 0.4) is 0 Å². The van der Waals surface area contributed by atoms with Crippen molar-refractivity contribution in [2.45, 2.75) is 51.3 Å². The molecular weight excluding hydrogens is 428 g/mol. The predicted octanol–water partition coefficient (Wildman–Crippen LogP) is 4.03. The van der Waals surface area contributed by atoms with Crippen molar-refractivity contribution < 1.29 is 19.4 Å². The summed E-state index contributed by atoms with van der Waals surface area (Å²) in [6.07, 6.45) is 6.28. The van der Waals surface area contributed by atoms with E-state index in [1.54, 1.807) is 12.0 Å². The number of carbonyl (C=O) groups is 2. The second kappa shape index (κ2) is 11.0. The zero-order valence-corrected chi connectivity index (χ0v) is 20.0. The van der Waals surface area contributed by atoms with Crippen molar-refractivity contribution in [2.24, 2.45) is 5.92 Å². The van der Waals surface area contributed by atoms with Gasteiger partial charge in [-0.15, -0.1) is 0 Å². The number of methoxy groups -OCH3 is 1. The van der Waals surface area contributed by atoms with Gasteiger partial charge in [-0.05, 0) is 41.7 Å². The van der Waals surface area contributed by atoms with Crippen LogP contribution in [-0.4, -0.2) is 48.1 Å². The Bertz CT molecular complexity index is 1030. The third-order valence-electron chi connectivity index (χ3n) is 6.96. The summed E-state index contributed by atoms with van der Waals surface area (Å²) in [5.74, 6) is 0.260. The van der Waals surface area contributed by atoms with Crippen LogP contribution in [0, 0.1) is 5.92 Å². The Labute approximate surface area is 201 Å². The minimum atomic E-state index is -0.180. The predicted molar refractivity (Wildman–Crippen MR) is 132 cm³/mol. The molecule has 2 aliphatic heterocycles. The molecule has 0 aromatic heterocycles. The van der Waals surface area contributed by atoms with E-state index in [-0.39, 0.29) is 42.9 Å². The molecule has 0 radical (unpaired) electrons. The van der Waals surface area contributed by atoms with Crippen molar-refractivity contribution in [1.82, 2.24) is 4.90 Å². The molecule has 1 N–H and O–H groups in total. The second-order valence-electron chi connectivity index (χ2n) is 9.22. The van der Waals surface area contributed by atoms with Gasteiger partial charge in [-0.3, -0.25) is 9.59 Å². The summed E-state index contributed by atoms with van der Waals surface area (Å²) in [5, 5.41) is 9.83. The number of hydrogen-bond acceptors (Lipinski definition) is 4. The van der Waals surface area contributed by atoms with Gasteiger partial charge in [-0.2, -0.15) is 0 Å². The number of aliphatic hydroxyl groups is 1. The first kappa shape index (κ1) is 24.2. The van der Waals surface area contributed by atoms with Gasteiger partial charge in [0.25, 0.3) is 0 Å². The lowest BCUT2D eigenvalue weighted by Crippen LogP contribution is -2.46. The molecule has 6 heteroatoms. The molecule has 180 valence electrons. The molecule has 0 aliphatic carbocycles. The van der Waals surface area contributed by atoms with Gasteiger partial charge >= 0.3 is 0 Å². The summed E-state index contributed by atoms with van der Waals surface area (Å²) in [4.78, 5) is 28.6. The van der Waals surface area contributed by atoms with Gasteiger partial charge in [0, 0.05) is 44.6 Å². The molecule has 4 rings (SSSR count). The molecular formula is C28H34N2O4. The number of amides is 2. The standard InChI is InChI=1S/C28H34N2O4/c1-20(28(34-2)21-12-14-24(15-13-21)29-16-6-11-26(29)32)7-5-10-27(33)30-18-23-9-4-3-8-22(23)17-25(30)19-31/h3-5,7-9,12-15,20,25,28,31H,6,10-11,16-19H2,1-2H3/b7-5+/t20-,25+,28+/m1/s1. The number of ether oxygens (including phenoxy) is 1. The molecule has 2 aliphatic rings. The van der Waals surface area contributed by atoms with E-state index in [4.69, 9.17) is 4.74 Å². The highest BCUT2D eigenvalue weighted by Crippen LogP contribution is 2.30. The van der Waals surface area contributed by atoms with E-state index in [9.17, 15) is 14.7 Å². The molecule has 0 unspecified atom stereocenters. The number of nitrogens with zero attached hydrogens (tertiary/aromatic N) is 2. The Morgan fingerprint density at radius 2 is 1.91 bits per heavy atom. The molecule has 1 saturated heterocycles. The lowest BCUT2D eigenvalue weighted by Gasteiger charge is -2.36. The fourth-order valence-corrected chi connectivity index (χ4v) is 5.06. The number of anilines is 1. The van der Waals surface area contributed by atoms with E-state index in [1.165, 1.54) is 5.56 Å². The molecule has 3 atom stereocenters. The van der Waals surface area contributed by atoms with Gasteiger partial charge in [0.1, 0.15) is 0 Å². The molecule has 6 nitrogen and oxygen atoms in total. The monoisotopic (exact) mass is 462 g/mol. The minimum absolute atomic E-state index is 0.0191. The number of fused-ring (bicyclic) bond motifs is 1. The van der Waals surface area contributed by atoms with E-state index in [0.29, 0.717) is 19.4 Å². The van der Waals surface area contributed by atoms with Gasteiger partial charge in [-0.1, -0.05) is 55.5 Å². The van der Waals surface area contributed by atoms with Gasteiger partial charge in [0.15, 0.2) is 0 Å². The van der Waals surface area contributed by atoms with E-state index < -0.39 is 0 Å². The summed E-state index contributed by atoms with van der Waals surface area (Å²) in [6.45, 7) is 3.35. The molecule has 0 saturated carbocycles. The SMILES string of the molecule is CO[C@H](c1ccc(N2CCCC2=O)cc1)[C@H](C)/C=C/CC(=O)N1Cc2ccccc2C[C@H]1CO. The van der Waals surface area contributed by atoms with Crippen LogP contribution in [0.4, 0.5) is 5.69 Å². The smallest absolute Gasteiger partial charge is 0.227 e. The highest BCUT2D eigenvalue weighted by atomic mass is 16.5. The first-order valence-corrected chi connectivity index (χ1v) is 12.1. The van der Waals surface area contributed by atoms with Crippen LogP contribution in [0.15, 0.2) is 60.7 Å². The van der Waals surface area contributed by atoms with Crippen molar-refractivity contribution in [3.05, 3.63) is 77.4 Å². The Kier molecular flexibility index (Phi) is 7.80. The molecule has 1 fully saturated rings. The number of hydrogen-bond donors (Lipinski definition) is 1. The number of benzene rings is 2. The first-order valence-electron chi connectivity index (χ1n) is 12.1. The molecule has 2 aromatic carbocycles. The summed E-state index contributed by atoms with van der Waals surface area (Å²) in [7, 11) is 1.69. The summed E-state index contributed by atoms with van der Waals surface area (Å²) in [5.41, 5.74) is 4.32. The highest BCUT2D eigenvalue weighted by molar-refractivity contribution is 5.95. The van der Waals surface area contributed by atoms with E-state index >= 15 is 0 Å². The molecule has 2 heterocycles. The van der Waals surface area contributed by atoms with Crippen LogP contribution < -0.4 is 4.90 Å². The third kappa shape index (κ3) is 5.24. The van der Waals surface area contributed by atoms with Crippen LogP contribution >= 0.6 is 0 Å². The maximum atomic E-state index is 13.0. The summed E-state index contributed by atoms with van der Waals surface area (Å²) < 4.78 is 5.77. The van der Waals surface area contributed by atoms with E-state index in [2.05, 4.69) is 19.1 Å². The normalized spacial score (nSPS) is 20.0. The maximum Gasteiger partial charge on any atom is 0.227 e. The second-order valence-corrected chi connectivity index (χ2v) is 9.22. The zero-order valence-electron chi connectivity index (χ0n) is 20.0. The van der Waals surface area contributed by atoms with Crippen LogP contribution in [0.1, 0.15) is 49.0 Å². The summed E-state index contributed by atoms with van der Waals surface area (Å²) in [6, 6.07) is 15.9. The largest absolute Gasteiger partial charge is 0.394 e.